The highest BCUT2D eigenvalue weighted by Crippen LogP contribution is 2.37. The number of piperidine rings is 1. The van der Waals surface area contributed by atoms with Gasteiger partial charge in [-0.05, 0) is 18.3 Å². The van der Waals surface area contributed by atoms with Crippen LogP contribution in [0.2, 0.25) is 5.15 Å². The van der Waals surface area contributed by atoms with Gasteiger partial charge in [0.2, 0.25) is 5.91 Å². The van der Waals surface area contributed by atoms with Gasteiger partial charge in [0, 0.05) is 26.1 Å². The highest BCUT2D eigenvalue weighted by atomic mass is 35.5. The Kier molecular flexibility index (Phi) is 3.33. The summed E-state index contributed by atoms with van der Waals surface area (Å²) in [4.78, 5) is 33.3. The first kappa shape index (κ1) is 13.3. The van der Waals surface area contributed by atoms with E-state index in [9.17, 15) is 9.59 Å². The number of carbonyl (C=O) groups is 2. The van der Waals surface area contributed by atoms with Gasteiger partial charge in [-0.25, -0.2) is 9.97 Å². The van der Waals surface area contributed by atoms with Gasteiger partial charge in [-0.15, -0.1) is 0 Å². The summed E-state index contributed by atoms with van der Waals surface area (Å²) in [6.07, 6.45) is 5.04. The van der Waals surface area contributed by atoms with Gasteiger partial charge < -0.3 is 10.2 Å². The van der Waals surface area contributed by atoms with Crippen LogP contribution in [0.3, 0.4) is 0 Å². The van der Waals surface area contributed by atoms with Gasteiger partial charge in [-0.1, -0.05) is 11.6 Å². The van der Waals surface area contributed by atoms with E-state index in [4.69, 9.17) is 11.6 Å². The van der Waals surface area contributed by atoms with Crippen LogP contribution in [-0.4, -0.2) is 46.3 Å². The smallest absolute Gasteiger partial charge is 0.274 e. The number of nitrogens with zero attached hydrogens (tertiary/aromatic N) is 3. The molecule has 7 heteroatoms. The summed E-state index contributed by atoms with van der Waals surface area (Å²) in [5, 5.41) is 3.16. The summed E-state index contributed by atoms with van der Waals surface area (Å²) in [5.74, 6) is -0.00496. The highest BCUT2D eigenvalue weighted by Gasteiger charge is 2.41. The molecule has 0 radical (unpaired) electrons. The molecule has 106 valence electrons. The molecular weight excluding hydrogens is 280 g/mol. The van der Waals surface area contributed by atoms with Gasteiger partial charge in [0.25, 0.3) is 5.91 Å². The summed E-state index contributed by atoms with van der Waals surface area (Å²) in [6.45, 7) is 2.03. The molecule has 2 aliphatic heterocycles. The minimum absolute atomic E-state index is 0.0412. The van der Waals surface area contributed by atoms with Gasteiger partial charge in [0.1, 0.15) is 10.8 Å². The maximum atomic E-state index is 12.3. The molecule has 0 aromatic carbocycles. The number of likely N-dealkylation sites (tertiary alicyclic amines) is 1. The fourth-order valence-corrected chi connectivity index (χ4v) is 2.97. The molecule has 1 aromatic heterocycles. The zero-order valence-electron chi connectivity index (χ0n) is 10.9. The van der Waals surface area contributed by atoms with E-state index in [-0.39, 0.29) is 22.4 Å². The molecule has 1 N–H and O–H groups in total. The Morgan fingerprint density at radius 1 is 1.30 bits per heavy atom. The average Bonchev–Trinajstić information content (AvgIpc) is 2.81. The molecule has 0 saturated carbocycles. The first-order chi connectivity index (χ1) is 9.58. The van der Waals surface area contributed by atoms with Crippen LogP contribution in [0.25, 0.3) is 0 Å². The molecular formula is C13H15ClN4O2. The van der Waals surface area contributed by atoms with E-state index in [0.717, 1.165) is 19.4 Å². The van der Waals surface area contributed by atoms with Crippen LogP contribution in [0.15, 0.2) is 12.4 Å². The van der Waals surface area contributed by atoms with E-state index in [1.807, 2.05) is 0 Å². The maximum Gasteiger partial charge on any atom is 0.274 e. The van der Waals surface area contributed by atoms with Crippen molar-refractivity contribution in [2.24, 2.45) is 5.41 Å². The number of amides is 2. The van der Waals surface area contributed by atoms with E-state index in [1.54, 1.807) is 4.90 Å². The van der Waals surface area contributed by atoms with E-state index in [2.05, 4.69) is 15.3 Å². The van der Waals surface area contributed by atoms with Gasteiger partial charge in [-0.3, -0.25) is 9.59 Å². The van der Waals surface area contributed by atoms with Crippen molar-refractivity contribution in [2.75, 3.05) is 19.6 Å². The van der Waals surface area contributed by atoms with Crippen molar-refractivity contribution in [3.63, 3.8) is 0 Å². The van der Waals surface area contributed by atoms with Crippen molar-refractivity contribution in [1.82, 2.24) is 20.2 Å². The first-order valence-electron chi connectivity index (χ1n) is 6.62. The molecule has 0 unspecified atom stereocenters. The zero-order valence-corrected chi connectivity index (χ0v) is 11.7. The lowest BCUT2D eigenvalue weighted by molar-refractivity contribution is -0.119. The Morgan fingerprint density at radius 3 is 2.60 bits per heavy atom. The Hall–Kier alpha value is -1.69. The van der Waals surface area contributed by atoms with Crippen LogP contribution < -0.4 is 5.32 Å². The molecule has 1 aromatic rings. The van der Waals surface area contributed by atoms with Gasteiger partial charge in [0.15, 0.2) is 0 Å². The SMILES string of the molecule is O=C1CC2(CCN(C(=O)c3cnc(Cl)cn3)CC2)CN1. The third-order valence-corrected chi connectivity index (χ3v) is 4.34. The molecule has 0 bridgehead atoms. The maximum absolute atomic E-state index is 12.3. The molecule has 2 aliphatic rings. The fraction of sp³-hybridized carbons (Fsp3) is 0.538. The summed E-state index contributed by atoms with van der Waals surface area (Å²) < 4.78 is 0. The Labute approximate surface area is 121 Å². The van der Waals surface area contributed by atoms with Crippen LogP contribution in [0.5, 0.6) is 0 Å². The lowest BCUT2D eigenvalue weighted by Gasteiger charge is -2.37. The van der Waals surface area contributed by atoms with E-state index >= 15 is 0 Å². The van der Waals surface area contributed by atoms with Crippen LogP contribution >= 0.6 is 11.6 Å². The number of nitrogens with one attached hydrogen (secondary N) is 1. The van der Waals surface area contributed by atoms with E-state index in [0.29, 0.717) is 25.2 Å². The lowest BCUT2D eigenvalue weighted by atomic mass is 9.77. The topological polar surface area (TPSA) is 75.2 Å². The van der Waals surface area contributed by atoms with Crippen molar-refractivity contribution in [3.05, 3.63) is 23.2 Å². The Morgan fingerprint density at radius 2 is 2.05 bits per heavy atom. The van der Waals surface area contributed by atoms with Crippen LogP contribution in [-0.2, 0) is 4.79 Å². The van der Waals surface area contributed by atoms with Gasteiger partial charge in [-0.2, -0.15) is 0 Å². The number of hydrogen-bond donors (Lipinski definition) is 1. The van der Waals surface area contributed by atoms with Crippen LogP contribution in [0.4, 0.5) is 0 Å². The summed E-state index contributed by atoms with van der Waals surface area (Å²) in [7, 11) is 0. The molecule has 2 amide bonds. The first-order valence-corrected chi connectivity index (χ1v) is 6.99. The second-order valence-electron chi connectivity index (χ2n) is 5.47. The largest absolute Gasteiger partial charge is 0.356 e. The van der Waals surface area contributed by atoms with Crippen LogP contribution in [0.1, 0.15) is 29.8 Å². The van der Waals surface area contributed by atoms with E-state index in [1.165, 1.54) is 12.4 Å². The third-order valence-electron chi connectivity index (χ3n) is 4.15. The minimum Gasteiger partial charge on any atom is -0.356 e. The normalized spacial score (nSPS) is 21.1. The van der Waals surface area contributed by atoms with E-state index < -0.39 is 0 Å². The predicted octanol–water partition coefficient (Wildman–Crippen LogP) is 0.872. The number of carbonyl (C=O) groups excluding carboxylic acids is 2. The van der Waals surface area contributed by atoms with Crippen molar-refractivity contribution in [3.8, 4) is 0 Å². The van der Waals surface area contributed by atoms with Gasteiger partial charge in [0.05, 0.1) is 12.4 Å². The lowest BCUT2D eigenvalue weighted by Crippen LogP contribution is -2.44. The predicted molar refractivity (Wildman–Crippen MR) is 72.2 cm³/mol. The third kappa shape index (κ3) is 2.47. The van der Waals surface area contributed by atoms with Crippen molar-refractivity contribution in [2.45, 2.75) is 19.3 Å². The molecule has 1 spiro atoms. The molecule has 0 atom stereocenters. The van der Waals surface area contributed by atoms with Crippen LogP contribution in [0, 0.1) is 5.41 Å². The molecule has 2 saturated heterocycles. The number of hydrogen-bond acceptors (Lipinski definition) is 4. The second kappa shape index (κ2) is 5.01. The molecule has 3 heterocycles. The minimum atomic E-state index is -0.124. The molecule has 2 fully saturated rings. The highest BCUT2D eigenvalue weighted by molar-refractivity contribution is 6.29. The number of halogens is 1. The van der Waals surface area contributed by atoms with Crippen molar-refractivity contribution >= 4 is 23.4 Å². The van der Waals surface area contributed by atoms with Gasteiger partial charge >= 0.3 is 0 Å². The quantitative estimate of drug-likeness (QED) is 0.834. The van der Waals surface area contributed by atoms with Crippen molar-refractivity contribution in [1.29, 1.82) is 0 Å². The Bertz CT molecular complexity index is 538. The summed E-state index contributed by atoms with van der Waals surface area (Å²) in [6, 6.07) is 0. The van der Waals surface area contributed by atoms with Crippen molar-refractivity contribution < 1.29 is 9.59 Å². The molecule has 6 nitrogen and oxygen atoms in total. The number of rotatable bonds is 1. The Balaban J connectivity index is 1.64. The number of aromatic nitrogens is 2. The molecule has 20 heavy (non-hydrogen) atoms. The summed E-state index contributed by atoms with van der Waals surface area (Å²) >= 11 is 5.66. The average molecular weight is 295 g/mol. The fourth-order valence-electron chi connectivity index (χ4n) is 2.87. The summed E-state index contributed by atoms with van der Waals surface area (Å²) in [5.41, 5.74) is 0.352. The molecule has 3 rings (SSSR count). The molecule has 0 aliphatic carbocycles. The standard InChI is InChI=1S/C13H15ClN4O2/c14-10-7-15-9(6-16-10)12(20)18-3-1-13(2-4-18)5-11(19)17-8-13/h6-7H,1-5,8H2,(H,17,19). The second-order valence-corrected chi connectivity index (χ2v) is 5.86. The zero-order chi connectivity index (χ0) is 14.2. The monoisotopic (exact) mass is 294 g/mol.